The number of halogens is 1. The molecule has 4 nitrogen and oxygen atoms in total. The number of nitrogens with zero attached hydrogens (tertiary/aromatic N) is 2. The first-order valence-corrected chi connectivity index (χ1v) is 6.67. The van der Waals surface area contributed by atoms with Gasteiger partial charge in [0.1, 0.15) is 5.03 Å². The minimum Gasteiger partial charge on any atom is -0.478 e. The summed E-state index contributed by atoms with van der Waals surface area (Å²) in [6.45, 7) is 1.93. The fraction of sp³-hybridized carbons (Fsp3) is 0.0833. The highest BCUT2D eigenvalue weighted by molar-refractivity contribution is 9.10. The van der Waals surface area contributed by atoms with Crippen molar-refractivity contribution in [3.05, 3.63) is 46.1 Å². The van der Waals surface area contributed by atoms with Gasteiger partial charge >= 0.3 is 5.97 Å². The van der Waals surface area contributed by atoms with Gasteiger partial charge < -0.3 is 5.11 Å². The average Bonchev–Trinajstić information content (AvgIpc) is 2.31. The quantitative estimate of drug-likeness (QED) is 0.937. The van der Waals surface area contributed by atoms with Gasteiger partial charge in [0.2, 0.25) is 0 Å². The maximum Gasteiger partial charge on any atom is 0.336 e. The van der Waals surface area contributed by atoms with Crippen LogP contribution in [0.1, 0.15) is 15.9 Å². The Morgan fingerprint density at radius 2 is 2.17 bits per heavy atom. The predicted octanol–water partition coefficient (Wildman–Crippen LogP) is 3.40. The van der Waals surface area contributed by atoms with Crippen molar-refractivity contribution in [2.45, 2.75) is 16.8 Å². The van der Waals surface area contributed by atoms with E-state index in [2.05, 4.69) is 26.1 Å². The largest absolute Gasteiger partial charge is 0.478 e. The highest BCUT2D eigenvalue weighted by Gasteiger charge is 2.10. The molecule has 0 unspecified atom stereocenters. The van der Waals surface area contributed by atoms with Gasteiger partial charge in [0.05, 0.1) is 11.8 Å². The number of hydrogen-bond donors (Lipinski definition) is 1. The second-order valence-electron chi connectivity index (χ2n) is 3.62. The van der Waals surface area contributed by atoms with E-state index < -0.39 is 5.97 Å². The summed E-state index contributed by atoms with van der Waals surface area (Å²) in [5.41, 5.74) is 1.25. The summed E-state index contributed by atoms with van der Waals surface area (Å²) in [5, 5.41) is 17.6. The zero-order valence-corrected chi connectivity index (χ0v) is 11.8. The molecule has 0 saturated heterocycles. The molecule has 0 spiro atoms. The van der Waals surface area contributed by atoms with Crippen LogP contribution < -0.4 is 0 Å². The van der Waals surface area contributed by atoms with Gasteiger partial charge in [-0.15, -0.1) is 5.10 Å². The minimum absolute atomic E-state index is 0.237. The Bertz CT molecular complexity index is 604. The van der Waals surface area contributed by atoms with E-state index in [4.69, 9.17) is 5.11 Å². The van der Waals surface area contributed by atoms with Crippen LogP contribution in [0.15, 0.2) is 44.9 Å². The number of aromatic nitrogens is 2. The molecule has 0 bridgehead atoms. The molecule has 1 heterocycles. The molecular formula is C12H9BrN2O2S. The van der Waals surface area contributed by atoms with Gasteiger partial charge in [0.15, 0.2) is 0 Å². The number of aryl methyl sites for hydroxylation is 1. The smallest absolute Gasteiger partial charge is 0.336 e. The SMILES string of the molecule is Cc1cnnc(Sc2ccc(Br)c(C(=O)O)c2)c1. The van der Waals surface area contributed by atoms with Crippen molar-refractivity contribution in [1.82, 2.24) is 10.2 Å². The van der Waals surface area contributed by atoms with Gasteiger partial charge in [0.25, 0.3) is 0 Å². The van der Waals surface area contributed by atoms with E-state index in [1.165, 1.54) is 11.8 Å². The minimum atomic E-state index is -0.959. The number of carboxylic acid groups (broad SMARTS) is 1. The predicted molar refractivity (Wildman–Crippen MR) is 72.0 cm³/mol. The Balaban J connectivity index is 2.30. The van der Waals surface area contributed by atoms with Crippen LogP contribution in [0.5, 0.6) is 0 Å². The lowest BCUT2D eigenvalue weighted by atomic mass is 10.2. The van der Waals surface area contributed by atoms with E-state index in [0.717, 1.165) is 15.5 Å². The van der Waals surface area contributed by atoms with Crippen LogP contribution >= 0.6 is 27.7 Å². The second-order valence-corrected chi connectivity index (χ2v) is 5.57. The van der Waals surface area contributed by atoms with Crippen LogP contribution in [0, 0.1) is 6.92 Å². The van der Waals surface area contributed by atoms with Crippen molar-refractivity contribution in [3.8, 4) is 0 Å². The van der Waals surface area contributed by atoms with E-state index in [9.17, 15) is 4.79 Å². The summed E-state index contributed by atoms with van der Waals surface area (Å²) in [5.74, 6) is -0.959. The third-order valence-electron chi connectivity index (χ3n) is 2.16. The maximum absolute atomic E-state index is 11.0. The molecule has 1 aromatic heterocycles. The van der Waals surface area contributed by atoms with Crippen LogP contribution in [-0.2, 0) is 0 Å². The highest BCUT2D eigenvalue weighted by Crippen LogP contribution is 2.29. The molecule has 0 radical (unpaired) electrons. The molecule has 0 aliphatic carbocycles. The summed E-state index contributed by atoms with van der Waals surface area (Å²) in [7, 11) is 0. The molecule has 2 rings (SSSR count). The molecule has 0 aliphatic rings. The average molecular weight is 325 g/mol. The fourth-order valence-electron chi connectivity index (χ4n) is 1.34. The zero-order valence-electron chi connectivity index (χ0n) is 9.42. The Kier molecular flexibility index (Phi) is 3.98. The monoisotopic (exact) mass is 324 g/mol. The number of hydrogen-bond acceptors (Lipinski definition) is 4. The number of carboxylic acids is 1. The van der Waals surface area contributed by atoms with E-state index in [1.54, 1.807) is 18.3 Å². The van der Waals surface area contributed by atoms with Gasteiger partial charge in [-0.2, -0.15) is 5.10 Å². The number of carbonyl (C=O) groups is 1. The van der Waals surface area contributed by atoms with Gasteiger partial charge in [-0.3, -0.25) is 0 Å². The maximum atomic E-state index is 11.0. The van der Waals surface area contributed by atoms with Gasteiger partial charge in [0, 0.05) is 9.37 Å². The van der Waals surface area contributed by atoms with Crippen molar-refractivity contribution in [2.75, 3.05) is 0 Å². The Hall–Kier alpha value is -1.40. The normalized spacial score (nSPS) is 10.3. The van der Waals surface area contributed by atoms with Crippen LogP contribution in [0.25, 0.3) is 0 Å². The lowest BCUT2D eigenvalue weighted by Gasteiger charge is -2.04. The van der Waals surface area contributed by atoms with Crippen LogP contribution in [0.4, 0.5) is 0 Å². The molecule has 92 valence electrons. The molecular weight excluding hydrogens is 316 g/mol. The molecule has 0 fully saturated rings. The summed E-state index contributed by atoms with van der Waals surface area (Å²) in [6, 6.07) is 7.07. The van der Waals surface area contributed by atoms with E-state index in [-0.39, 0.29) is 5.56 Å². The van der Waals surface area contributed by atoms with Gasteiger partial charge in [-0.1, -0.05) is 11.8 Å². The highest BCUT2D eigenvalue weighted by atomic mass is 79.9. The van der Waals surface area contributed by atoms with Crippen molar-refractivity contribution in [3.63, 3.8) is 0 Å². The topological polar surface area (TPSA) is 63.1 Å². The molecule has 0 aliphatic heterocycles. The van der Waals surface area contributed by atoms with Crippen LogP contribution in [0.2, 0.25) is 0 Å². The zero-order chi connectivity index (χ0) is 13.1. The molecule has 2 aromatic rings. The molecule has 0 atom stereocenters. The summed E-state index contributed by atoms with van der Waals surface area (Å²) < 4.78 is 0.565. The number of aromatic carboxylic acids is 1. The number of benzene rings is 1. The molecule has 6 heteroatoms. The third kappa shape index (κ3) is 3.08. The first-order valence-electron chi connectivity index (χ1n) is 5.06. The Morgan fingerprint density at radius 3 is 2.83 bits per heavy atom. The summed E-state index contributed by atoms with van der Waals surface area (Å²) in [6.07, 6.45) is 1.67. The van der Waals surface area contributed by atoms with Crippen LogP contribution in [0.3, 0.4) is 0 Å². The van der Waals surface area contributed by atoms with Crippen molar-refractivity contribution >= 4 is 33.7 Å². The summed E-state index contributed by atoms with van der Waals surface area (Å²) >= 11 is 4.59. The summed E-state index contributed by atoms with van der Waals surface area (Å²) in [4.78, 5) is 11.8. The van der Waals surface area contributed by atoms with E-state index in [1.807, 2.05) is 19.1 Å². The van der Waals surface area contributed by atoms with Crippen molar-refractivity contribution in [2.24, 2.45) is 0 Å². The first kappa shape index (κ1) is 13.0. The Labute approximate surface area is 117 Å². The molecule has 0 saturated carbocycles. The lowest BCUT2D eigenvalue weighted by molar-refractivity contribution is 0.0695. The fourth-order valence-corrected chi connectivity index (χ4v) is 2.64. The van der Waals surface area contributed by atoms with E-state index in [0.29, 0.717) is 4.47 Å². The van der Waals surface area contributed by atoms with Crippen LogP contribution in [-0.4, -0.2) is 21.3 Å². The lowest BCUT2D eigenvalue weighted by Crippen LogP contribution is -1.97. The standard InChI is InChI=1S/C12H9BrN2O2S/c1-7-4-11(15-14-6-7)18-8-2-3-10(13)9(5-8)12(16)17/h2-6H,1H3,(H,16,17). The molecule has 18 heavy (non-hydrogen) atoms. The Morgan fingerprint density at radius 1 is 1.39 bits per heavy atom. The van der Waals surface area contributed by atoms with E-state index >= 15 is 0 Å². The van der Waals surface area contributed by atoms with Gasteiger partial charge in [-0.05, 0) is 52.7 Å². The third-order valence-corrected chi connectivity index (χ3v) is 3.75. The molecule has 1 aromatic carbocycles. The first-order chi connectivity index (χ1) is 8.56. The second kappa shape index (κ2) is 5.49. The van der Waals surface area contributed by atoms with Crippen molar-refractivity contribution in [1.29, 1.82) is 0 Å². The van der Waals surface area contributed by atoms with Gasteiger partial charge in [-0.25, -0.2) is 4.79 Å². The number of rotatable bonds is 3. The molecule has 1 N–H and O–H groups in total. The molecule has 0 amide bonds. The van der Waals surface area contributed by atoms with Crippen molar-refractivity contribution < 1.29 is 9.90 Å².